The Hall–Kier alpha value is -2.64. The van der Waals surface area contributed by atoms with Gasteiger partial charge < -0.3 is 15.0 Å². The summed E-state index contributed by atoms with van der Waals surface area (Å²) in [6.45, 7) is 0. The number of carboxylic acids is 1. The van der Waals surface area contributed by atoms with E-state index in [1.165, 1.54) is 11.3 Å². The third-order valence-electron chi connectivity index (χ3n) is 3.72. The summed E-state index contributed by atoms with van der Waals surface area (Å²) >= 11 is 7.63. The fourth-order valence-electron chi connectivity index (χ4n) is 2.51. The molecule has 0 spiro atoms. The second-order valence-electron chi connectivity index (χ2n) is 5.23. The molecule has 2 N–H and O–H groups in total. The van der Waals surface area contributed by atoms with Crippen LogP contribution in [0.4, 0.5) is 11.1 Å². The van der Waals surface area contributed by atoms with Crippen molar-refractivity contribution in [3.8, 4) is 0 Å². The molecule has 8 heteroatoms. The quantitative estimate of drug-likeness (QED) is 0.571. The Morgan fingerprint density at radius 1 is 1.29 bits per heavy atom. The van der Waals surface area contributed by atoms with Crippen LogP contribution in [0.25, 0.3) is 21.3 Å². The molecule has 0 saturated carbocycles. The molecule has 0 aliphatic heterocycles. The number of carboxylic acid groups (broad SMARTS) is 1. The predicted molar refractivity (Wildman–Crippen MR) is 95.6 cm³/mol. The second kappa shape index (κ2) is 5.47. The fourth-order valence-corrected chi connectivity index (χ4v) is 3.67. The Morgan fingerprint density at radius 3 is 2.88 bits per heavy atom. The Morgan fingerprint density at radius 2 is 2.12 bits per heavy atom. The number of benzene rings is 2. The molecule has 120 valence electrons. The van der Waals surface area contributed by atoms with Crippen LogP contribution >= 0.6 is 22.9 Å². The lowest BCUT2D eigenvalue weighted by atomic mass is 10.2. The number of fused-ring (bicyclic) bond motifs is 2. The largest absolute Gasteiger partial charge is 0.478 e. The van der Waals surface area contributed by atoms with Crippen molar-refractivity contribution in [3.63, 3.8) is 0 Å². The molecule has 0 aliphatic carbocycles. The third kappa shape index (κ3) is 2.38. The molecule has 0 amide bonds. The number of anilines is 2. The highest BCUT2D eigenvalue weighted by atomic mass is 35.5. The minimum absolute atomic E-state index is 0.207. The van der Waals surface area contributed by atoms with Crippen molar-refractivity contribution in [3.05, 3.63) is 47.0 Å². The minimum Gasteiger partial charge on any atom is -0.478 e. The van der Waals surface area contributed by atoms with Gasteiger partial charge in [-0.05, 0) is 30.3 Å². The zero-order chi connectivity index (χ0) is 16.8. The first-order valence-electron chi connectivity index (χ1n) is 7.05. The van der Waals surface area contributed by atoms with Gasteiger partial charge in [0.05, 0.1) is 26.3 Å². The van der Waals surface area contributed by atoms with E-state index in [0.29, 0.717) is 21.6 Å². The third-order valence-corrected chi connectivity index (χ3v) is 4.96. The molecule has 2 aromatic carbocycles. The Balaban J connectivity index is 1.76. The van der Waals surface area contributed by atoms with Gasteiger partial charge in [0, 0.05) is 7.05 Å². The fraction of sp³-hybridized carbons (Fsp3) is 0.0625. The van der Waals surface area contributed by atoms with Gasteiger partial charge in [0.25, 0.3) is 0 Å². The maximum atomic E-state index is 11.1. The standard InChI is InChI=1S/C16H11ClN4O2S/c1-21-11-6-5-8(14(22)23)7-10(11)18-15(21)20-16-19-13-9(17)3-2-4-12(13)24-16/h2-7H,1H3,(H,22,23)(H,18,19,20). The molecule has 2 heterocycles. The molecule has 0 bridgehead atoms. The maximum Gasteiger partial charge on any atom is 0.335 e. The highest BCUT2D eigenvalue weighted by Crippen LogP contribution is 2.32. The van der Waals surface area contributed by atoms with Gasteiger partial charge in [-0.25, -0.2) is 14.8 Å². The molecule has 24 heavy (non-hydrogen) atoms. The number of nitrogens with one attached hydrogen (secondary N) is 1. The molecule has 6 nitrogen and oxygen atoms in total. The van der Waals surface area contributed by atoms with Gasteiger partial charge in [0.2, 0.25) is 5.95 Å². The number of rotatable bonds is 3. The number of para-hydroxylation sites is 1. The highest BCUT2D eigenvalue weighted by molar-refractivity contribution is 7.22. The summed E-state index contributed by atoms with van der Waals surface area (Å²) < 4.78 is 2.84. The Bertz CT molecular complexity index is 1100. The monoisotopic (exact) mass is 358 g/mol. The van der Waals surface area contributed by atoms with Gasteiger partial charge in [-0.3, -0.25) is 0 Å². The van der Waals surface area contributed by atoms with E-state index in [1.54, 1.807) is 24.3 Å². The van der Waals surface area contributed by atoms with Crippen LogP contribution < -0.4 is 5.32 Å². The van der Waals surface area contributed by atoms with Crippen molar-refractivity contribution >= 4 is 61.2 Å². The smallest absolute Gasteiger partial charge is 0.335 e. The molecule has 0 aliphatic rings. The SMILES string of the molecule is Cn1c(Nc2nc3c(Cl)cccc3s2)nc2cc(C(=O)O)ccc21. The summed E-state index contributed by atoms with van der Waals surface area (Å²) in [5.74, 6) is -0.388. The number of halogens is 1. The van der Waals surface area contributed by atoms with Gasteiger partial charge in [0.15, 0.2) is 5.13 Å². The molecule has 0 unspecified atom stereocenters. The van der Waals surface area contributed by atoms with Gasteiger partial charge >= 0.3 is 5.97 Å². The summed E-state index contributed by atoms with van der Waals surface area (Å²) in [6.07, 6.45) is 0. The van der Waals surface area contributed by atoms with E-state index < -0.39 is 5.97 Å². The van der Waals surface area contributed by atoms with E-state index in [4.69, 9.17) is 16.7 Å². The molecule has 0 atom stereocenters. The number of nitrogens with zero attached hydrogens (tertiary/aromatic N) is 3. The predicted octanol–water partition coefficient (Wildman–Crippen LogP) is 4.28. The number of thiazole rings is 1. The molecule has 0 fully saturated rings. The number of hydrogen-bond donors (Lipinski definition) is 2. The molecule has 0 saturated heterocycles. The molecule has 4 rings (SSSR count). The summed E-state index contributed by atoms with van der Waals surface area (Å²) in [5, 5.41) is 13.6. The normalized spacial score (nSPS) is 11.2. The Labute approximate surface area is 145 Å². The van der Waals surface area contributed by atoms with Crippen LogP contribution in [0.2, 0.25) is 5.02 Å². The number of imidazole rings is 1. The molecular weight excluding hydrogens is 348 g/mol. The van der Waals surface area contributed by atoms with E-state index in [2.05, 4.69) is 15.3 Å². The van der Waals surface area contributed by atoms with E-state index in [-0.39, 0.29) is 5.56 Å². The van der Waals surface area contributed by atoms with Crippen LogP contribution in [0.3, 0.4) is 0 Å². The van der Waals surface area contributed by atoms with Gasteiger partial charge in [-0.15, -0.1) is 0 Å². The van der Waals surface area contributed by atoms with Crippen molar-refractivity contribution in [2.75, 3.05) is 5.32 Å². The van der Waals surface area contributed by atoms with Gasteiger partial charge in [-0.1, -0.05) is 29.0 Å². The molecule has 4 aromatic rings. The van der Waals surface area contributed by atoms with Crippen LogP contribution in [-0.2, 0) is 7.05 Å². The number of carbonyl (C=O) groups is 1. The summed E-state index contributed by atoms with van der Waals surface area (Å²) in [5.41, 5.74) is 2.40. The number of hydrogen-bond acceptors (Lipinski definition) is 5. The van der Waals surface area contributed by atoms with E-state index >= 15 is 0 Å². The summed E-state index contributed by atoms with van der Waals surface area (Å²) in [6, 6.07) is 10.5. The minimum atomic E-state index is -0.974. The highest BCUT2D eigenvalue weighted by Gasteiger charge is 2.13. The first kappa shape index (κ1) is 14.9. The second-order valence-corrected chi connectivity index (χ2v) is 6.67. The lowest BCUT2D eigenvalue weighted by Gasteiger charge is -2.02. The summed E-state index contributed by atoms with van der Waals surface area (Å²) in [4.78, 5) is 20.0. The van der Waals surface area contributed by atoms with E-state index in [1.807, 2.05) is 23.7 Å². The topological polar surface area (TPSA) is 80.0 Å². The number of aromatic carboxylic acids is 1. The lowest BCUT2D eigenvalue weighted by Crippen LogP contribution is -1.98. The lowest BCUT2D eigenvalue weighted by molar-refractivity contribution is 0.0697. The van der Waals surface area contributed by atoms with Gasteiger partial charge in [0.1, 0.15) is 5.52 Å². The number of aryl methyl sites for hydroxylation is 1. The Kier molecular flexibility index (Phi) is 3.40. The van der Waals surface area contributed by atoms with Gasteiger partial charge in [-0.2, -0.15) is 0 Å². The first-order chi connectivity index (χ1) is 11.5. The maximum absolute atomic E-state index is 11.1. The van der Waals surface area contributed by atoms with Crippen LogP contribution in [0.15, 0.2) is 36.4 Å². The van der Waals surface area contributed by atoms with E-state index in [0.717, 1.165) is 15.7 Å². The van der Waals surface area contributed by atoms with Crippen LogP contribution in [0.5, 0.6) is 0 Å². The molecule has 0 radical (unpaired) electrons. The first-order valence-corrected chi connectivity index (χ1v) is 8.24. The zero-order valence-corrected chi connectivity index (χ0v) is 14.0. The van der Waals surface area contributed by atoms with Crippen molar-refractivity contribution < 1.29 is 9.90 Å². The molecule has 2 aromatic heterocycles. The average molecular weight is 359 g/mol. The van der Waals surface area contributed by atoms with Crippen molar-refractivity contribution in [1.29, 1.82) is 0 Å². The van der Waals surface area contributed by atoms with Crippen LogP contribution in [0.1, 0.15) is 10.4 Å². The van der Waals surface area contributed by atoms with Crippen molar-refractivity contribution in [2.24, 2.45) is 7.05 Å². The van der Waals surface area contributed by atoms with E-state index in [9.17, 15) is 4.79 Å². The van der Waals surface area contributed by atoms with Crippen molar-refractivity contribution in [1.82, 2.24) is 14.5 Å². The summed E-state index contributed by atoms with van der Waals surface area (Å²) in [7, 11) is 1.86. The van der Waals surface area contributed by atoms with Crippen LogP contribution in [-0.4, -0.2) is 25.6 Å². The zero-order valence-electron chi connectivity index (χ0n) is 12.4. The molecular formula is C16H11ClN4O2S. The number of aromatic nitrogens is 3. The van der Waals surface area contributed by atoms with Crippen molar-refractivity contribution in [2.45, 2.75) is 0 Å². The van der Waals surface area contributed by atoms with Crippen LogP contribution in [0, 0.1) is 0 Å². The average Bonchev–Trinajstić information content (AvgIpc) is 3.10.